The smallest absolute Gasteiger partial charge is 0.0779 e. The van der Waals surface area contributed by atoms with Gasteiger partial charge in [-0.3, -0.25) is 0 Å². The molecule has 0 bridgehead atoms. The van der Waals surface area contributed by atoms with E-state index in [1.807, 2.05) is 0 Å². The lowest BCUT2D eigenvalue weighted by atomic mass is 9.86. The summed E-state index contributed by atoms with van der Waals surface area (Å²) in [5.41, 5.74) is 0.318. The Kier molecular flexibility index (Phi) is 3.27. The molecule has 1 N–H and O–H groups in total. The van der Waals surface area contributed by atoms with E-state index < -0.39 is 0 Å². The van der Waals surface area contributed by atoms with Crippen molar-refractivity contribution < 1.29 is 4.74 Å². The van der Waals surface area contributed by atoms with Gasteiger partial charge in [-0.1, -0.05) is 20.8 Å². The summed E-state index contributed by atoms with van der Waals surface area (Å²) in [6.07, 6.45) is 1.13. The zero-order valence-electron chi connectivity index (χ0n) is 10.5. The molecule has 0 amide bonds. The minimum absolute atomic E-state index is 0.000486. The predicted octanol–water partition coefficient (Wildman–Crippen LogP) is 2.58. The first-order valence-corrected chi connectivity index (χ1v) is 5.63. The lowest BCUT2D eigenvalue weighted by molar-refractivity contribution is 0.0169. The molecule has 14 heavy (non-hydrogen) atoms. The molecule has 1 rings (SSSR count). The number of hydrogen-bond acceptors (Lipinski definition) is 2. The summed E-state index contributed by atoms with van der Waals surface area (Å²) < 4.78 is 5.70. The van der Waals surface area contributed by atoms with Crippen molar-refractivity contribution in [2.45, 2.75) is 65.6 Å². The van der Waals surface area contributed by atoms with Crippen molar-refractivity contribution in [1.29, 1.82) is 0 Å². The maximum atomic E-state index is 5.70. The molecule has 1 aliphatic heterocycles. The maximum absolute atomic E-state index is 5.70. The number of nitrogens with one attached hydrogen (secondary N) is 1. The normalized spacial score (nSPS) is 29.1. The lowest BCUT2D eigenvalue weighted by Gasteiger charge is -2.35. The fourth-order valence-electron chi connectivity index (χ4n) is 1.72. The zero-order valence-corrected chi connectivity index (χ0v) is 10.5. The second kappa shape index (κ2) is 3.82. The second-order valence-corrected chi connectivity index (χ2v) is 6.05. The van der Waals surface area contributed by atoms with Gasteiger partial charge < -0.3 is 10.1 Å². The molecule has 2 nitrogen and oxygen atoms in total. The van der Waals surface area contributed by atoms with Gasteiger partial charge in [-0.25, -0.2) is 0 Å². The third-order valence-electron chi connectivity index (χ3n) is 3.47. The summed E-state index contributed by atoms with van der Waals surface area (Å²) in [4.78, 5) is 0. The van der Waals surface area contributed by atoms with Crippen LogP contribution in [0, 0.1) is 5.41 Å². The Morgan fingerprint density at radius 2 is 1.93 bits per heavy atom. The van der Waals surface area contributed by atoms with Gasteiger partial charge in [0, 0.05) is 18.7 Å². The van der Waals surface area contributed by atoms with E-state index in [-0.39, 0.29) is 5.60 Å². The Balaban J connectivity index is 2.52. The first-order valence-electron chi connectivity index (χ1n) is 5.63. The molecule has 0 aromatic rings. The van der Waals surface area contributed by atoms with Crippen LogP contribution in [-0.2, 0) is 4.74 Å². The van der Waals surface area contributed by atoms with Crippen LogP contribution in [0.2, 0.25) is 0 Å². The predicted molar refractivity (Wildman–Crippen MR) is 60.5 cm³/mol. The van der Waals surface area contributed by atoms with E-state index in [2.05, 4.69) is 46.9 Å². The molecule has 0 spiro atoms. The van der Waals surface area contributed by atoms with Gasteiger partial charge in [0.15, 0.2) is 0 Å². The summed E-state index contributed by atoms with van der Waals surface area (Å²) in [7, 11) is 0. The lowest BCUT2D eigenvalue weighted by Crippen LogP contribution is -2.50. The summed E-state index contributed by atoms with van der Waals surface area (Å²) >= 11 is 0. The van der Waals surface area contributed by atoms with Crippen molar-refractivity contribution in [2.24, 2.45) is 5.41 Å². The highest BCUT2D eigenvalue weighted by Crippen LogP contribution is 2.28. The highest BCUT2D eigenvalue weighted by molar-refractivity contribution is 4.93. The number of hydrogen-bond donors (Lipinski definition) is 1. The van der Waals surface area contributed by atoms with E-state index in [1.54, 1.807) is 0 Å². The van der Waals surface area contributed by atoms with Crippen LogP contribution in [-0.4, -0.2) is 24.3 Å². The van der Waals surface area contributed by atoms with E-state index in [0.29, 0.717) is 17.5 Å². The number of rotatable bonds is 2. The number of ether oxygens (including phenoxy) is 1. The van der Waals surface area contributed by atoms with Gasteiger partial charge in [-0.05, 0) is 32.6 Å². The molecule has 0 saturated carbocycles. The van der Waals surface area contributed by atoms with Crippen molar-refractivity contribution in [3.05, 3.63) is 0 Å². The Hall–Kier alpha value is -0.0800. The molecule has 1 saturated heterocycles. The molecule has 1 aliphatic rings. The van der Waals surface area contributed by atoms with Crippen LogP contribution in [0.4, 0.5) is 0 Å². The van der Waals surface area contributed by atoms with Crippen LogP contribution < -0.4 is 5.32 Å². The van der Waals surface area contributed by atoms with Gasteiger partial charge in [0.05, 0.1) is 5.60 Å². The minimum Gasteiger partial charge on any atom is -0.374 e. The topological polar surface area (TPSA) is 21.3 Å². The molecule has 1 heterocycles. The molecule has 2 unspecified atom stereocenters. The molecular weight excluding hydrogens is 174 g/mol. The van der Waals surface area contributed by atoms with Gasteiger partial charge in [-0.2, -0.15) is 0 Å². The van der Waals surface area contributed by atoms with Crippen molar-refractivity contribution in [1.82, 2.24) is 5.32 Å². The van der Waals surface area contributed by atoms with E-state index in [4.69, 9.17) is 4.74 Å². The van der Waals surface area contributed by atoms with E-state index in [1.165, 1.54) is 0 Å². The third-order valence-corrected chi connectivity index (χ3v) is 3.47. The molecule has 2 heteroatoms. The Labute approximate surface area is 88.4 Å². The van der Waals surface area contributed by atoms with Gasteiger partial charge in [0.25, 0.3) is 0 Å². The van der Waals surface area contributed by atoms with Gasteiger partial charge in [0.2, 0.25) is 0 Å². The summed E-state index contributed by atoms with van der Waals surface area (Å²) in [6, 6.07) is 1.02. The monoisotopic (exact) mass is 199 g/mol. The third kappa shape index (κ3) is 2.71. The molecule has 1 fully saturated rings. The van der Waals surface area contributed by atoms with Crippen LogP contribution in [0.15, 0.2) is 0 Å². The standard InChI is InChI=1S/C12H25NO/c1-9(11(2,3)4)13-10-7-8-14-12(10,5)6/h9-10,13H,7-8H2,1-6H3. The highest BCUT2D eigenvalue weighted by Gasteiger charge is 2.37. The van der Waals surface area contributed by atoms with Crippen molar-refractivity contribution in [3.63, 3.8) is 0 Å². The Morgan fingerprint density at radius 1 is 1.36 bits per heavy atom. The van der Waals surface area contributed by atoms with Gasteiger partial charge in [0.1, 0.15) is 0 Å². The van der Waals surface area contributed by atoms with E-state index >= 15 is 0 Å². The molecule has 0 aromatic carbocycles. The van der Waals surface area contributed by atoms with Crippen molar-refractivity contribution in [2.75, 3.05) is 6.61 Å². The quantitative estimate of drug-likeness (QED) is 0.738. The maximum Gasteiger partial charge on any atom is 0.0779 e. The average Bonchev–Trinajstić information content (AvgIpc) is 2.29. The minimum atomic E-state index is -0.000486. The highest BCUT2D eigenvalue weighted by atomic mass is 16.5. The molecule has 0 radical (unpaired) electrons. The summed E-state index contributed by atoms with van der Waals surface area (Å²) in [5, 5.41) is 3.68. The van der Waals surface area contributed by atoms with E-state index in [9.17, 15) is 0 Å². The van der Waals surface area contributed by atoms with Crippen LogP contribution in [0.5, 0.6) is 0 Å². The van der Waals surface area contributed by atoms with Crippen LogP contribution in [0.1, 0.15) is 48.0 Å². The van der Waals surface area contributed by atoms with Gasteiger partial charge >= 0.3 is 0 Å². The summed E-state index contributed by atoms with van der Waals surface area (Å²) in [6.45, 7) is 14.3. The SMILES string of the molecule is CC(NC1CCOC1(C)C)C(C)(C)C. The summed E-state index contributed by atoms with van der Waals surface area (Å²) in [5.74, 6) is 0. The first-order chi connectivity index (χ1) is 6.23. The first kappa shape index (κ1) is 12.0. The Bertz CT molecular complexity index is 193. The molecular formula is C12H25NO. The van der Waals surface area contributed by atoms with Crippen LogP contribution in [0.25, 0.3) is 0 Å². The Morgan fingerprint density at radius 3 is 2.29 bits per heavy atom. The van der Waals surface area contributed by atoms with Gasteiger partial charge in [-0.15, -0.1) is 0 Å². The fourth-order valence-corrected chi connectivity index (χ4v) is 1.72. The van der Waals surface area contributed by atoms with Crippen molar-refractivity contribution in [3.8, 4) is 0 Å². The molecule has 84 valence electrons. The molecule has 0 aromatic heterocycles. The van der Waals surface area contributed by atoms with Crippen LogP contribution in [0.3, 0.4) is 0 Å². The molecule has 2 atom stereocenters. The average molecular weight is 199 g/mol. The largest absolute Gasteiger partial charge is 0.374 e. The fraction of sp³-hybridized carbons (Fsp3) is 1.00. The van der Waals surface area contributed by atoms with E-state index in [0.717, 1.165) is 13.0 Å². The molecule has 0 aliphatic carbocycles. The zero-order chi connectivity index (χ0) is 11.0. The van der Waals surface area contributed by atoms with Crippen LogP contribution >= 0.6 is 0 Å². The van der Waals surface area contributed by atoms with Crippen molar-refractivity contribution >= 4 is 0 Å². The second-order valence-electron chi connectivity index (χ2n) is 6.05.